The molecule has 6 nitrogen and oxygen atoms in total. The summed E-state index contributed by atoms with van der Waals surface area (Å²) in [6, 6.07) is 7.35. The number of nitrogens with zero attached hydrogens (tertiary/aromatic N) is 2. The highest BCUT2D eigenvalue weighted by Gasteiger charge is 2.64. The van der Waals surface area contributed by atoms with E-state index in [-0.39, 0.29) is 18.9 Å². The minimum absolute atomic E-state index is 0.229. The third-order valence-corrected chi connectivity index (χ3v) is 5.55. The first-order valence-corrected chi connectivity index (χ1v) is 9.11. The topological polar surface area (TPSA) is 77.9 Å². The fourth-order valence-corrected chi connectivity index (χ4v) is 3.89. The van der Waals surface area contributed by atoms with Crippen LogP contribution in [-0.4, -0.2) is 58.5 Å². The fourth-order valence-electron chi connectivity index (χ4n) is 3.89. The molecule has 0 radical (unpaired) electrons. The van der Waals surface area contributed by atoms with Gasteiger partial charge in [-0.1, -0.05) is 30.3 Å². The number of alkyl halides is 3. The van der Waals surface area contributed by atoms with Crippen LogP contribution in [0, 0.1) is 5.41 Å². The van der Waals surface area contributed by atoms with Gasteiger partial charge in [0.15, 0.2) is 5.41 Å². The maximum Gasteiger partial charge on any atom is 0.406 e. The van der Waals surface area contributed by atoms with Crippen LogP contribution in [-0.2, 0) is 14.4 Å². The Labute approximate surface area is 159 Å². The van der Waals surface area contributed by atoms with Crippen LogP contribution in [0.4, 0.5) is 13.2 Å². The van der Waals surface area contributed by atoms with Crippen molar-refractivity contribution in [1.82, 2.24) is 9.80 Å². The molecule has 0 aromatic heterocycles. The molecular weight excluding hydrogens is 377 g/mol. The van der Waals surface area contributed by atoms with E-state index in [9.17, 15) is 32.7 Å². The molecule has 1 N–H and O–H groups in total. The summed E-state index contributed by atoms with van der Waals surface area (Å²) in [5, 5.41) is 9.22. The van der Waals surface area contributed by atoms with E-state index < -0.39 is 42.5 Å². The lowest BCUT2D eigenvalue weighted by Crippen LogP contribution is -2.50. The van der Waals surface area contributed by atoms with Gasteiger partial charge in [0.25, 0.3) is 0 Å². The molecule has 2 atom stereocenters. The van der Waals surface area contributed by atoms with Crippen LogP contribution in [0.15, 0.2) is 30.3 Å². The van der Waals surface area contributed by atoms with Gasteiger partial charge < -0.3 is 14.9 Å². The summed E-state index contributed by atoms with van der Waals surface area (Å²) >= 11 is 0. The summed E-state index contributed by atoms with van der Waals surface area (Å²) in [6.45, 7) is -0.937. The van der Waals surface area contributed by atoms with Gasteiger partial charge in [0, 0.05) is 26.1 Å². The van der Waals surface area contributed by atoms with E-state index in [0.717, 1.165) is 4.90 Å². The SMILES string of the molecule is O=C(C(c1ccccc1)N1CCCCC1=O)N1CCC(C(=O)O)(C(F)(F)F)C1. The van der Waals surface area contributed by atoms with E-state index in [1.165, 1.54) is 4.90 Å². The highest BCUT2D eigenvalue weighted by Crippen LogP contribution is 2.46. The second kappa shape index (κ2) is 7.44. The Morgan fingerprint density at radius 1 is 1.11 bits per heavy atom. The lowest BCUT2D eigenvalue weighted by atomic mass is 9.86. The predicted octanol–water partition coefficient (Wildman–Crippen LogP) is 2.61. The van der Waals surface area contributed by atoms with E-state index in [2.05, 4.69) is 0 Å². The number of likely N-dealkylation sites (tertiary alicyclic amines) is 2. The Kier molecular flexibility index (Phi) is 5.36. The van der Waals surface area contributed by atoms with Crippen molar-refractivity contribution in [2.45, 2.75) is 37.9 Å². The molecule has 1 aromatic carbocycles. The van der Waals surface area contributed by atoms with Gasteiger partial charge in [-0.15, -0.1) is 0 Å². The third kappa shape index (κ3) is 3.45. The van der Waals surface area contributed by atoms with Crippen LogP contribution in [0.3, 0.4) is 0 Å². The molecule has 0 aliphatic carbocycles. The monoisotopic (exact) mass is 398 g/mol. The molecule has 152 valence electrons. The molecule has 2 unspecified atom stereocenters. The van der Waals surface area contributed by atoms with E-state index in [1.807, 2.05) is 0 Å². The minimum atomic E-state index is -4.98. The van der Waals surface area contributed by atoms with Crippen molar-refractivity contribution in [3.05, 3.63) is 35.9 Å². The highest BCUT2D eigenvalue weighted by atomic mass is 19.4. The number of aliphatic carboxylic acids is 1. The van der Waals surface area contributed by atoms with Crippen LogP contribution in [0.1, 0.15) is 37.3 Å². The van der Waals surface area contributed by atoms with Crippen molar-refractivity contribution in [1.29, 1.82) is 0 Å². The molecule has 2 saturated heterocycles. The quantitative estimate of drug-likeness (QED) is 0.846. The average Bonchev–Trinajstić information content (AvgIpc) is 3.11. The lowest BCUT2D eigenvalue weighted by Gasteiger charge is -2.36. The van der Waals surface area contributed by atoms with Gasteiger partial charge in [0.05, 0.1) is 0 Å². The van der Waals surface area contributed by atoms with Gasteiger partial charge in [-0.2, -0.15) is 13.2 Å². The summed E-state index contributed by atoms with van der Waals surface area (Å²) in [4.78, 5) is 39.3. The first-order chi connectivity index (χ1) is 13.2. The van der Waals surface area contributed by atoms with Crippen LogP contribution in [0.25, 0.3) is 0 Å². The molecule has 2 heterocycles. The molecule has 9 heteroatoms. The second-order valence-electron chi connectivity index (χ2n) is 7.25. The van der Waals surface area contributed by atoms with E-state index in [0.29, 0.717) is 24.9 Å². The molecule has 0 saturated carbocycles. The molecule has 2 amide bonds. The lowest BCUT2D eigenvalue weighted by molar-refractivity contribution is -0.227. The van der Waals surface area contributed by atoms with Crippen LogP contribution >= 0.6 is 0 Å². The average molecular weight is 398 g/mol. The summed E-state index contributed by atoms with van der Waals surface area (Å²) in [6.07, 6.45) is -4.00. The largest absolute Gasteiger partial charge is 0.481 e. The third-order valence-electron chi connectivity index (χ3n) is 5.55. The van der Waals surface area contributed by atoms with Crippen molar-refractivity contribution in [2.75, 3.05) is 19.6 Å². The van der Waals surface area contributed by atoms with Crippen LogP contribution in [0.5, 0.6) is 0 Å². The Morgan fingerprint density at radius 2 is 1.79 bits per heavy atom. The number of benzene rings is 1. The predicted molar refractivity (Wildman–Crippen MR) is 92.1 cm³/mol. The molecule has 0 spiro atoms. The van der Waals surface area contributed by atoms with Gasteiger partial charge in [0.2, 0.25) is 11.8 Å². The van der Waals surface area contributed by atoms with Crippen molar-refractivity contribution in [2.24, 2.45) is 5.41 Å². The molecule has 28 heavy (non-hydrogen) atoms. The van der Waals surface area contributed by atoms with Crippen molar-refractivity contribution in [3.63, 3.8) is 0 Å². The molecule has 0 bridgehead atoms. The summed E-state index contributed by atoms with van der Waals surface area (Å²) < 4.78 is 40.4. The van der Waals surface area contributed by atoms with E-state index in [1.54, 1.807) is 30.3 Å². The number of carbonyl (C=O) groups excluding carboxylic acids is 2. The van der Waals surface area contributed by atoms with Gasteiger partial charge in [0.1, 0.15) is 6.04 Å². The number of hydrogen-bond acceptors (Lipinski definition) is 3. The first-order valence-electron chi connectivity index (χ1n) is 9.11. The molecular formula is C19H21F3N2O4. The number of hydrogen-bond donors (Lipinski definition) is 1. The van der Waals surface area contributed by atoms with Gasteiger partial charge in [-0.25, -0.2) is 0 Å². The van der Waals surface area contributed by atoms with E-state index in [4.69, 9.17) is 0 Å². The standard InChI is InChI=1S/C19H21F3N2O4/c20-19(21,22)18(17(27)28)9-11-23(12-18)16(26)15(13-6-2-1-3-7-13)24-10-5-4-8-14(24)25/h1-3,6-7,15H,4-5,8-12H2,(H,27,28). The molecule has 1 aromatic rings. The summed E-state index contributed by atoms with van der Waals surface area (Å²) in [7, 11) is 0. The summed E-state index contributed by atoms with van der Waals surface area (Å²) in [5.41, 5.74) is -2.47. The van der Waals surface area contributed by atoms with Gasteiger partial charge in [-0.3, -0.25) is 14.4 Å². The Bertz CT molecular complexity index is 768. The number of piperidine rings is 1. The Hall–Kier alpha value is -2.58. The first kappa shape index (κ1) is 20.2. The Balaban J connectivity index is 1.92. The number of carboxylic acids is 1. The maximum absolute atomic E-state index is 13.5. The normalized spacial score (nSPS) is 24.3. The number of carboxylic acid groups (broad SMARTS) is 1. The van der Waals surface area contributed by atoms with Crippen LogP contribution in [0.2, 0.25) is 0 Å². The molecule has 3 rings (SSSR count). The zero-order valence-electron chi connectivity index (χ0n) is 15.1. The molecule has 2 aliphatic rings. The zero-order chi connectivity index (χ0) is 20.5. The highest BCUT2D eigenvalue weighted by molar-refractivity contribution is 5.90. The van der Waals surface area contributed by atoms with Crippen molar-refractivity contribution >= 4 is 17.8 Å². The zero-order valence-corrected chi connectivity index (χ0v) is 15.1. The van der Waals surface area contributed by atoms with Crippen molar-refractivity contribution < 1.29 is 32.7 Å². The van der Waals surface area contributed by atoms with Crippen molar-refractivity contribution in [3.8, 4) is 0 Å². The van der Waals surface area contributed by atoms with E-state index >= 15 is 0 Å². The summed E-state index contributed by atoms with van der Waals surface area (Å²) in [5.74, 6) is -2.89. The smallest absolute Gasteiger partial charge is 0.406 e. The number of amides is 2. The maximum atomic E-state index is 13.5. The number of halogens is 3. The van der Waals surface area contributed by atoms with Gasteiger partial charge in [-0.05, 0) is 24.8 Å². The number of rotatable bonds is 4. The molecule has 2 fully saturated rings. The van der Waals surface area contributed by atoms with Crippen LogP contribution < -0.4 is 0 Å². The molecule has 2 aliphatic heterocycles. The van der Waals surface area contributed by atoms with Gasteiger partial charge >= 0.3 is 12.1 Å². The Morgan fingerprint density at radius 3 is 2.32 bits per heavy atom. The number of carbonyl (C=O) groups is 3. The minimum Gasteiger partial charge on any atom is -0.481 e. The second-order valence-corrected chi connectivity index (χ2v) is 7.25. The fraction of sp³-hybridized carbons (Fsp3) is 0.526.